The van der Waals surface area contributed by atoms with Crippen LogP contribution >= 0.6 is 0 Å². The summed E-state index contributed by atoms with van der Waals surface area (Å²) in [6.45, 7) is 5.64. The molecule has 0 bridgehead atoms. The topological polar surface area (TPSA) is 33.1 Å². The van der Waals surface area contributed by atoms with E-state index in [1.54, 1.807) is 0 Å². The molecule has 0 radical (unpaired) electrons. The molecule has 0 atom stereocenters. The lowest BCUT2D eigenvalue weighted by molar-refractivity contribution is 0.276. The molecule has 106 valence electrons. The van der Waals surface area contributed by atoms with E-state index in [2.05, 4.69) is 27.2 Å². The van der Waals surface area contributed by atoms with Crippen LogP contribution in [0.15, 0.2) is 12.3 Å². The van der Waals surface area contributed by atoms with Crippen molar-refractivity contribution < 1.29 is 0 Å². The number of hydrogen-bond donors (Lipinski definition) is 1. The lowest BCUT2D eigenvalue weighted by Crippen LogP contribution is -2.28. The van der Waals surface area contributed by atoms with E-state index in [-0.39, 0.29) is 0 Å². The molecule has 1 N–H and O–H groups in total. The van der Waals surface area contributed by atoms with Crippen LogP contribution in [-0.2, 0) is 6.54 Å². The molecule has 1 aromatic heterocycles. The van der Waals surface area contributed by atoms with Gasteiger partial charge in [-0.05, 0) is 38.4 Å². The fourth-order valence-electron chi connectivity index (χ4n) is 3.30. The fraction of sp³-hybridized carbons (Fsp3) is 0.800. The second-order valence-corrected chi connectivity index (χ2v) is 5.96. The molecule has 0 unspecified atom stereocenters. The Bertz CT molecular complexity index is 373. The van der Waals surface area contributed by atoms with Gasteiger partial charge in [-0.3, -0.25) is 9.58 Å². The Balaban J connectivity index is 1.57. The molecule has 0 spiro atoms. The van der Waals surface area contributed by atoms with Crippen molar-refractivity contribution in [3.8, 4) is 0 Å². The zero-order chi connectivity index (χ0) is 12.9. The van der Waals surface area contributed by atoms with Gasteiger partial charge >= 0.3 is 0 Å². The lowest BCUT2D eigenvalue weighted by atomic mass is 9.96. The number of nitrogens with one attached hydrogen (secondary N) is 1. The van der Waals surface area contributed by atoms with Crippen molar-refractivity contribution in [2.24, 2.45) is 0 Å². The minimum atomic E-state index is 0.660. The number of rotatable bonds is 3. The average molecular weight is 262 g/mol. The molecule has 1 saturated carbocycles. The van der Waals surface area contributed by atoms with Crippen LogP contribution in [0.1, 0.15) is 50.3 Å². The molecule has 1 aliphatic heterocycles. The maximum atomic E-state index is 4.81. The van der Waals surface area contributed by atoms with Crippen molar-refractivity contribution in [2.75, 3.05) is 26.2 Å². The highest BCUT2D eigenvalue weighted by Crippen LogP contribution is 2.27. The first-order valence-electron chi connectivity index (χ1n) is 7.89. The van der Waals surface area contributed by atoms with Crippen LogP contribution in [-0.4, -0.2) is 40.9 Å². The summed E-state index contributed by atoms with van der Waals surface area (Å²) in [5.74, 6) is 0. The summed E-state index contributed by atoms with van der Waals surface area (Å²) in [6, 6.07) is 2.88. The van der Waals surface area contributed by atoms with Gasteiger partial charge in [0, 0.05) is 25.8 Å². The van der Waals surface area contributed by atoms with E-state index in [0.29, 0.717) is 6.04 Å². The van der Waals surface area contributed by atoms with Crippen molar-refractivity contribution in [1.29, 1.82) is 0 Å². The van der Waals surface area contributed by atoms with Crippen LogP contribution in [0.2, 0.25) is 0 Å². The third kappa shape index (κ3) is 3.57. The summed E-state index contributed by atoms with van der Waals surface area (Å²) < 4.78 is 2.23. The van der Waals surface area contributed by atoms with E-state index >= 15 is 0 Å². The van der Waals surface area contributed by atoms with Crippen LogP contribution in [0, 0.1) is 0 Å². The van der Waals surface area contributed by atoms with Crippen LogP contribution < -0.4 is 5.32 Å². The van der Waals surface area contributed by atoms with E-state index < -0.39 is 0 Å². The maximum Gasteiger partial charge on any atom is 0.0764 e. The number of aromatic nitrogens is 2. The molecule has 19 heavy (non-hydrogen) atoms. The van der Waals surface area contributed by atoms with Gasteiger partial charge in [0.05, 0.1) is 11.7 Å². The van der Waals surface area contributed by atoms with Gasteiger partial charge in [0.1, 0.15) is 0 Å². The van der Waals surface area contributed by atoms with Crippen molar-refractivity contribution in [3.05, 3.63) is 18.0 Å². The van der Waals surface area contributed by atoms with E-state index in [9.17, 15) is 0 Å². The molecular weight excluding hydrogens is 236 g/mol. The summed E-state index contributed by atoms with van der Waals surface area (Å²) in [7, 11) is 0. The van der Waals surface area contributed by atoms with E-state index in [4.69, 9.17) is 5.10 Å². The Morgan fingerprint density at radius 1 is 1.11 bits per heavy atom. The van der Waals surface area contributed by atoms with Gasteiger partial charge in [-0.15, -0.1) is 0 Å². The average Bonchev–Trinajstić information content (AvgIpc) is 2.76. The third-order valence-electron chi connectivity index (χ3n) is 4.43. The van der Waals surface area contributed by atoms with Gasteiger partial charge in [0.15, 0.2) is 0 Å². The fourth-order valence-corrected chi connectivity index (χ4v) is 3.30. The molecule has 3 rings (SSSR count). The number of hydrogen-bond acceptors (Lipinski definition) is 3. The quantitative estimate of drug-likeness (QED) is 0.906. The molecule has 1 aromatic rings. The van der Waals surface area contributed by atoms with Gasteiger partial charge in [-0.1, -0.05) is 19.3 Å². The summed E-state index contributed by atoms with van der Waals surface area (Å²) in [6.07, 6.45) is 10.2. The highest BCUT2D eigenvalue weighted by atomic mass is 15.3. The molecular formula is C15H26N4. The molecule has 2 heterocycles. The summed E-state index contributed by atoms with van der Waals surface area (Å²) in [4.78, 5) is 2.52. The normalized spacial score (nSPS) is 23.4. The summed E-state index contributed by atoms with van der Waals surface area (Å²) in [5.41, 5.74) is 1.24. The third-order valence-corrected chi connectivity index (χ3v) is 4.43. The monoisotopic (exact) mass is 262 g/mol. The van der Waals surface area contributed by atoms with Crippen molar-refractivity contribution in [3.63, 3.8) is 0 Å². The van der Waals surface area contributed by atoms with Gasteiger partial charge in [-0.2, -0.15) is 5.10 Å². The molecule has 2 fully saturated rings. The van der Waals surface area contributed by atoms with E-state index in [0.717, 1.165) is 26.2 Å². The van der Waals surface area contributed by atoms with Crippen LogP contribution in [0.5, 0.6) is 0 Å². The highest BCUT2D eigenvalue weighted by Gasteiger charge is 2.17. The Hall–Kier alpha value is -0.870. The summed E-state index contributed by atoms with van der Waals surface area (Å²) >= 11 is 0. The van der Waals surface area contributed by atoms with E-state index in [1.165, 1.54) is 50.8 Å². The van der Waals surface area contributed by atoms with Crippen LogP contribution in [0.4, 0.5) is 0 Å². The second-order valence-electron chi connectivity index (χ2n) is 5.96. The molecule has 1 aliphatic carbocycles. The predicted molar refractivity (Wildman–Crippen MR) is 77.1 cm³/mol. The Morgan fingerprint density at radius 3 is 2.89 bits per heavy atom. The van der Waals surface area contributed by atoms with E-state index in [1.807, 2.05) is 0 Å². The highest BCUT2D eigenvalue weighted by molar-refractivity contribution is 5.00. The molecule has 2 aliphatic rings. The lowest BCUT2D eigenvalue weighted by Gasteiger charge is -2.22. The van der Waals surface area contributed by atoms with Gasteiger partial charge < -0.3 is 5.32 Å². The van der Waals surface area contributed by atoms with Crippen molar-refractivity contribution >= 4 is 0 Å². The first-order chi connectivity index (χ1) is 9.42. The minimum absolute atomic E-state index is 0.660. The first kappa shape index (κ1) is 13.1. The predicted octanol–water partition coefficient (Wildman–Crippen LogP) is 2.18. The maximum absolute atomic E-state index is 4.81. The molecule has 1 saturated heterocycles. The SMILES string of the molecule is c1cn(C2CCCCC2)nc1CN1CCCNCC1. The smallest absolute Gasteiger partial charge is 0.0764 e. The Kier molecular flexibility index (Phi) is 4.51. The van der Waals surface area contributed by atoms with Crippen LogP contribution in [0.25, 0.3) is 0 Å². The Labute approximate surface area is 116 Å². The minimum Gasteiger partial charge on any atom is -0.315 e. The largest absolute Gasteiger partial charge is 0.315 e. The molecule has 4 nitrogen and oxygen atoms in total. The van der Waals surface area contributed by atoms with Crippen molar-refractivity contribution in [2.45, 2.75) is 51.1 Å². The zero-order valence-corrected chi connectivity index (χ0v) is 11.9. The number of nitrogens with zero attached hydrogens (tertiary/aromatic N) is 3. The van der Waals surface area contributed by atoms with Gasteiger partial charge in [0.2, 0.25) is 0 Å². The zero-order valence-electron chi connectivity index (χ0n) is 11.9. The standard InChI is InChI=1S/C15H26N4/c1-2-5-15(6-3-1)19-11-7-14(17-19)13-18-10-4-8-16-9-12-18/h7,11,15-16H,1-6,8-10,12-13H2. The van der Waals surface area contributed by atoms with Gasteiger partial charge in [-0.25, -0.2) is 0 Å². The molecule has 0 amide bonds. The molecule has 4 heteroatoms. The van der Waals surface area contributed by atoms with Crippen molar-refractivity contribution in [1.82, 2.24) is 20.0 Å². The Morgan fingerprint density at radius 2 is 2.00 bits per heavy atom. The second kappa shape index (κ2) is 6.53. The molecule has 0 aromatic carbocycles. The van der Waals surface area contributed by atoms with Crippen LogP contribution in [0.3, 0.4) is 0 Å². The first-order valence-corrected chi connectivity index (χ1v) is 7.89. The summed E-state index contributed by atoms with van der Waals surface area (Å²) in [5, 5.41) is 8.27. The van der Waals surface area contributed by atoms with Gasteiger partial charge in [0.25, 0.3) is 0 Å².